The number of aldehydes is 1. The van der Waals surface area contributed by atoms with Gasteiger partial charge >= 0.3 is 0 Å². The number of aliphatic hydroxyl groups excluding tert-OH is 1. The molecule has 226 valence electrons. The molecule has 2 aliphatic carbocycles. The highest BCUT2D eigenvalue weighted by atomic mass is 19.1. The standard InChI is InChI=1S/C31H36FN3O5.C2H6/c1-4-17(13-36)19-10-25-29-20(12-35(25)31(39)21(19)14-40-3)28-23(34-30(38)26(37)9-16-5-6-16)8-7-18-15(2)22(32)11-24(33-29)27(18)28;1-2/h11,13,16-17,23,25-26,37H,4-10,12,14H2,1-3H3,(H,34,38);1-2H3. The second kappa shape index (κ2) is 12.2. The second-order valence-corrected chi connectivity index (χ2v) is 11.8. The highest BCUT2D eigenvalue weighted by Gasteiger charge is 2.45. The van der Waals surface area contributed by atoms with E-state index in [0.29, 0.717) is 66.9 Å². The van der Waals surface area contributed by atoms with Gasteiger partial charge in [-0.3, -0.25) is 14.6 Å². The molecular weight excluding hydrogens is 537 g/mol. The number of hydrogen-bond acceptors (Lipinski definition) is 6. The predicted octanol–water partition coefficient (Wildman–Crippen LogP) is 4.93. The van der Waals surface area contributed by atoms with E-state index in [1.165, 1.54) is 13.2 Å². The molecule has 2 aromatic rings. The molecule has 2 amide bonds. The average molecular weight is 580 g/mol. The van der Waals surface area contributed by atoms with Crippen molar-refractivity contribution >= 4 is 29.0 Å². The molecule has 0 spiro atoms. The summed E-state index contributed by atoms with van der Waals surface area (Å²) in [6, 6.07) is 0.670. The van der Waals surface area contributed by atoms with E-state index in [4.69, 9.17) is 9.72 Å². The first kappa shape index (κ1) is 30.3. The van der Waals surface area contributed by atoms with Gasteiger partial charge in [-0.05, 0) is 67.2 Å². The van der Waals surface area contributed by atoms with Gasteiger partial charge in [-0.1, -0.05) is 33.6 Å². The third-order valence-electron chi connectivity index (χ3n) is 9.36. The average Bonchev–Trinajstić information content (AvgIpc) is 3.73. The van der Waals surface area contributed by atoms with Crippen molar-refractivity contribution in [1.29, 1.82) is 0 Å². The number of carbonyl (C=O) groups excluding carboxylic acids is 3. The van der Waals surface area contributed by atoms with Crippen LogP contribution < -0.4 is 5.32 Å². The maximum absolute atomic E-state index is 15.1. The third kappa shape index (κ3) is 5.15. The Morgan fingerprint density at radius 3 is 2.67 bits per heavy atom. The normalized spacial score (nSPS) is 22.3. The Kier molecular flexibility index (Phi) is 8.81. The van der Waals surface area contributed by atoms with E-state index >= 15 is 4.39 Å². The molecule has 1 aromatic carbocycles. The number of amides is 2. The first-order valence-corrected chi connectivity index (χ1v) is 15.4. The van der Waals surface area contributed by atoms with E-state index in [1.807, 2.05) is 20.8 Å². The Labute approximate surface area is 246 Å². The van der Waals surface area contributed by atoms with Gasteiger partial charge in [0.2, 0.25) is 5.91 Å². The number of aryl methyl sites for hydroxylation is 1. The topological polar surface area (TPSA) is 109 Å². The van der Waals surface area contributed by atoms with Crippen molar-refractivity contribution in [2.24, 2.45) is 11.8 Å². The zero-order valence-electron chi connectivity index (χ0n) is 25.3. The summed E-state index contributed by atoms with van der Waals surface area (Å²) >= 11 is 0. The molecule has 9 heteroatoms. The van der Waals surface area contributed by atoms with Gasteiger partial charge in [0.25, 0.3) is 5.91 Å². The Hall–Kier alpha value is -3.17. The Morgan fingerprint density at radius 1 is 1.29 bits per heavy atom. The minimum absolute atomic E-state index is 0.118. The van der Waals surface area contributed by atoms with Crippen LogP contribution in [0.2, 0.25) is 0 Å². The number of carbonyl (C=O) groups is 3. The van der Waals surface area contributed by atoms with Crippen LogP contribution in [0.25, 0.3) is 10.9 Å². The van der Waals surface area contributed by atoms with Crippen LogP contribution >= 0.6 is 0 Å². The fourth-order valence-electron chi connectivity index (χ4n) is 7.01. The van der Waals surface area contributed by atoms with Gasteiger partial charge in [0.1, 0.15) is 18.2 Å². The van der Waals surface area contributed by atoms with Gasteiger partial charge in [-0.2, -0.15) is 0 Å². The molecule has 2 N–H and O–H groups in total. The van der Waals surface area contributed by atoms with Crippen molar-refractivity contribution in [2.75, 3.05) is 13.7 Å². The van der Waals surface area contributed by atoms with E-state index < -0.39 is 24.0 Å². The minimum atomic E-state index is -1.07. The molecule has 0 saturated heterocycles. The first-order valence-electron chi connectivity index (χ1n) is 15.4. The summed E-state index contributed by atoms with van der Waals surface area (Å²) in [5.74, 6) is -0.897. The van der Waals surface area contributed by atoms with Crippen LogP contribution in [0.1, 0.15) is 99.3 Å². The van der Waals surface area contributed by atoms with Gasteiger partial charge in [0.05, 0.1) is 29.9 Å². The van der Waals surface area contributed by atoms with Crippen molar-refractivity contribution in [2.45, 2.75) is 97.4 Å². The van der Waals surface area contributed by atoms with Crippen molar-refractivity contribution in [3.63, 3.8) is 0 Å². The lowest BCUT2D eigenvalue weighted by atomic mass is 9.80. The molecule has 2 aliphatic heterocycles. The molecule has 1 aromatic heterocycles. The van der Waals surface area contributed by atoms with Crippen LogP contribution in [0.15, 0.2) is 17.2 Å². The minimum Gasteiger partial charge on any atom is -0.383 e. The number of rotatable bonds is 9. The summed E-state index contributed by atoms with van der Waals surface area (Å²) in [6.07, 6.45) is 4.52. The van der Waals surface area contributed by atoms with E-state index in [-0.39, 0.29) is 24.4 Å². The Bertz CT molecular complexity index is 1450. The number of aliphatic hydroxyl groups is 1. The van der Waals surface area contributed by atoms with Crippen LogP contribution in [0.4, 0.5) is 4.39 Å². The molecule has 4 unspecified atom stereocenters. The Morgan fingerprint density at radius 2 is 2.02 bits per heavy atom. The van der Waals surface area contributed by atoms with Crippen molar-refractivity contribution < 1.29 is 28.6 Å². The highest BCUT2D eigenvalue weighted by Crippen LogP contribution is 2.49. The molecule has 8 nitrogen and oxygen atoms in total. The van der Waals surface area contributed by atoms with Gasteiger partial charge in [-0.15, -0.1) is 0 Å². The van der Waals surface area contributed by atoms with Crippen LogP contribution in [0.5, 0.6) is 0 Å². The molecule has 4 aliphatic rings. The summed E-state index contributed by atoms with van der Waals surface area (Å²) in [6.45, 7) is 8.11. The Balaban J connectivity index is 0.00000173. The summed E-state index contributed by atoms with van der Waals surface area (Å²) in [5.41, 5.74) is 5.69. The number of hydrogen-bond donors (Lipinski definition) is 2. The molecule has 6 rings (SSSR count). The van der Waals surface area contributed by atoms with E-state index in [9.17, 15) is 19.5 Å². The largest absolute Gasteiger partial charge is 0.383 e. The van der Waals surface area contributed by atoms with Gasteiger partial charge in [-0.25, -0.2) is 4.39 Å². The zero-order valence-corrected chi connectivity index (χ0v) is 25.3. The molecule has 4 atom stereocenters. The van der Waals surface area contributed by atoms with Crippen molar-refractivity contribution in [1.82, 2.24) is 15.2 Å². The quantitative estimate of drug-likeness (QED) is 0.408. The summed E-state index contributed by atoms with van der Waals surface area (Å²) in [7, 11) is 1.53. The lowest BCUT2D eigenvalue weighted by molar-refractivity contribution is -0.132. The van der Waals surface area contributed by atoms with Gasteiger partial charge in [0.15, 0.2) is 0 Å². The van der Waals surface area contributed by atoms with E-state index in [2.05, 4.69) is 5.32 Å². The number of pyridine rings is 1. The van der Waals surface area contributed by atoms with Crippen LogP contribution in [-0.2, 0) is 32.1 Å². The number of nitrogens with one attached hydrogen (secondary N) is 1. The zero-order chi connectivity index (χ0) is 30.3. The smallest absolute Gasteiger partial charge is 0.252 e. The summed E-state index contributed by atoms with van der Waals surface area (Å²) in [4.78, 5) is 45.6. The SMILES string of the molecule is CC.CCC(C=O)C1=C(COC)C(=O)N2Cc3c(nc4cc(F)c(C)c5c4c3C(NC(=O)C(O)CC3CC3)CC5)C2C1. The number of methoxy groups -OCH3 is 1. The molecule has 1 saturated carbocycles. The number of ether oxygens (including phenoxy) is 1. The maximum atomic E-state index is 15.1. The molecule has 3 heterocycles. The fraction of sp³-hybridized carbons (Fsp3) is 0.576. The van der Waals surface area contributed by atoms with Crippen molar-refractivity contribution in [3.05, 3.63) is 51.0 Å². The molecule has 0 bridgehead atoms. The van der Waals surface area contributed by atoms with Crippen LogP contribution in [0, 0.1) is 24.6 Å². The fourth-order valence-corrected chi connectivity index (χ4v) is 7.01. The molecular formula is C33H42FN3O5. The highest BCUT2D eigenvalue weighted by molar-refractivity contribution is 5.98. The van der Waals surface area contributed by atoms with Crippen molar-refractivity contribution in [3.8, 4) is 0 Å². The van der Waals surface area contributed by atoms with Gasteiger partial charge < -0.3 is 24.9 Å². The van der Waals surface area contributed by atoms with Crippen LogP contribution in [0.3, 0.4) is 0 Å². The monoisotopic (exact) mass is 579 g/mol. The second-order valence-electron chi connectivity index (χ2n) is 11.8. The molecule has 1 fully saturated rings. The maximum Gasteiger partial charge on any atom is 0.252 e. The number of halogens is 1. The number of nitrogens with zero attached hydrogens (tertiary/aromatic N) is 2. The van der Waals surface area contributed by atoms with E-state index in [0.717, 1.165) is 46.8 Å². The number of benzene rings is 1. The third-order valence-corrected chi connectivity index (χ3v) is 9.36. The first-order chi connectivity index (χ1) is 20.3. The lowest BCUT2D eigenvalue weighted by Crippen LogP contribution is -2.39. The van der Waals surface area contributed by atoms with Gasteiger partial charge in [0, 0.05) is 42.2 Å². The number of aromatic nitrogens is 1. The number of fused-ring (bicyclic) bond motifs is 4. The molecule has 42 heavy (non-hydrogen) atoms. The molecule has 0 radical (unpaired) electrons. The summed E-state index contributed by atoms with van der Waals surface area (Å²) in [5, 5.41) is 14.5. The van der Waals surface area contributed by atoms with Crippen LogP contribution in [-0.4, -0.2) is 52.9 Å². The predicted molar refractivity (Wildman–Crippen MR) is 157 cm³/mol. The lowest BCUT2D eigenvalue weighted by Gasteiger charge is -2.34. The van der Waals surface area contributed by atoms with E-state index in [1.54, 1.807) is 11.8 Å². The summed E-state index contributed by atoms with van der Waals surface area (Å²) < 4.78 is 20.4.